The van der Waals surface area contributed by atoms with Crippen LogP contribution in [0.25, 0.3) is 0 Å². The van der Waals surface area contributed by atoms with Crippen LogP contribution in [0.3, 0.4) is 0 Å². The zero-order valence-corrected chi connectivity index (χ0v) is 17.0. The van der Waals surface area contributed by atoms with E-state index in [0.29, 0.717) is 11.4 Å². The molecule has 0 saturated carbocycles. The molecule has 144 valence electrons. The Morgan fingerprint density at radius 3 is 2.50 bits per heavy atom. The van der Waals surface area contributed by atoms with E-state index < -0.39 is 12.0 Å². The Balaban J connectivity index is 1.99. The minimum absolute atomic E-state index is 0.104. The van der Waals surface area contributed by atoms with E-state index in [-0.39, 0.29) is 17.1 Å². The SMILES string of the molecule is CC(=O)N1c2ccccc2NC2=CC(C)(C)CC(=O)C2C1c1ccc(Cl)cc1. The summed E-state index contributed by atoms with van der Waals surface area (Å²) in [6.45, 7) is 5.67. The van der Waals surface area contributed by atoms with Gasteiger partial charge in [-0.25, -0.2) is 0 Å². The maximum Gasteiger partial charge on any atom is 0.224 e. The largest absolute Gasteiger partial charge is 0.357 e. The van der Waals surface area contributed by atoms with Gasteiger partial charge >= 0.3 is 0 Å². The molecule has 1 aliphatic heterocycles. The first-order valence-corrected chi connectivity index (χ1v) is 9.81. The standard InChI is InChI=1S/C23H23ClN2O2/c1-14(27)26-19-7-5-4-6-17(19)25-18-12-23(2,3)13-20(28)21(18)22(26)15-8-10-16(24)11-9-15/h4-12,21-22,25H,13H2,1-3H3. The summed E-state index contributed by atoms with van der Waals surface area (Å²) < 4.78 is 0. The number of halogens is 1. The summed E-state index contributed by atoms with van der Waals surface area (Å²) >= 11 is 6.10. The van der Waals surface area contributed by atoms with Crippen molar-refractivity contribution in [2.75, 3.05) is 10.2 Å². The van der Waals surface area contributed by atoms with Crippen LogP contribution in [0.2, 0.25) is 5.02 Å². The van der Waals surface area contributed by atoms with Crippen molar-refractivity contribution in [2.45, 2.75) is 33.2 Å². The Kier molecular flexibility index (Phi) is 4.54. The summed E-state index contributed by atoms with van der Waals surface area (Å²) in [5, 5.41) is 4.09. The van der Waals surface area contributed by atoms with Gasteiger partial charge in [-0.05, 0) is 35.2 Å². The monoisotopic (exact) mass is 394 g/mol. The highest BCUT2D eigenvalue weighted by molar-refractivity contribution is 6.30. The summed E-state index contributed by atoms with van der Waals surface area (Å²) in [6.07, 6.45) is 2.58. The summed E-state index contributed by atoms with van der Waals surface area (Å²) in [4.78, 5) is 27.9. The van der Waals surface area contributed by atoms with Gasteiger partial charge in [-0.3, -0.25) is 9.59 Å². The van der Waals surface area contributed by atoms with Crippen molar-refractivity contribution < 1.29 is 9.59 Å². The lowest BCUT2D eigenvalue weighted by molar-refractivity contribution is -0.125. The highest BCUT2D eigenvalue weighted by atomic mass is 35.5. The van der Waals surface area contributed by atoms with Gasteiger partial charge in [0.2, 0.25) is 5.91 Å². The Bertz CT molecular complexity index is 978. The molecule has 0 radical (unpaired) electrons. The predicted molar refractivity (Wildman–Crippen MR) is 112 cm³/mol. The van der Waals surface area contributed by atoms with Crippen LogP contribution in [0.4, 0.5) is 11.4 Å². The van der Waals surface area contributed by atoms with E-state index >= 15 is 0 Å². The van der Waals surface area contributed by atoms with Gasteiger partial charge in [-0.1, -0.05) is 55.8 Å². The second-order valence-electron chi connectivity index (χ2n) is 8.24. The first-order chi connectivity index (χ1) is 13.3. The van der Waals surface area contributed by atoms with Crippen molar-refractivity contribution in [1.29, 1.82) is 0 Å². The number of nitrogens with zero attached hydrogens (tertiary/aromatic N) is 1. The molecule has 0 spiro atoms. The number of para-hydroxylation sites is 2. The number of fused-ring (bicyclic) bond motifs is 2. The molecule has 5 heteroatoms. The Morgan fingerprint density at radius 1 is 1.14 bits per heavy atom. The van der Waals surface area contributed by atoms with Crippen LogP contribution in [0.1, 0.15) is 38.8 Å². The van der Waals surface area contributed by atoms with Crippen LogP contribution in [-0.2, 0) is 9.59 Å². The molecule has 2 atom stereocenters. The Morgan fingerprint density at radius 2 is 1.82 bits per heavy atom. The minimum Gasteiger partial charge on any atom is -0.357 e. The normalized spacial score (nSPS) is 23.1. The van der Waals surface area contributed by atoms with E-state index in [1.807, 2.05) is 36.4 Å². The number of hydrogen-bond acceptors (Lipinski definition) is 3. The lowest BCUT2D eigenvalue weighted by Gasteiger charge is -2.38. The summed E-state index contributed by atoms with van der Waals surface area (Å²) in [6, 6.07) is 14.7. The number of hydrogen-bond donors (Lipinski definition) is 1. The molecule has 4 rings (SSSR count). The fourth-order valence-electron chi connectivity index (χ4n) is 4.37. The molecule has 1 heterocycles. The third-order valence-electron chi connectivity index (χ3n) is 5.45. The van der Waals surface area contributed by atoms with Crippen LogP contribution in [-0.4, -0.2) is 11.7 Å². The van der Waals surface area contributed by atoms with Gasteiger partial charge in [0.15, 0.2) is 0 Å². The van der Waals surface area contributed by atoms with Crippen molar-refractivity contribution in [2.24, 2.45) is 11.3 Å². The molecule has 28 heavy (non-hydrogen) atoms. The number of rotatable bonds is 1. The van der Waals surface area contributed by atoms with Gasteiger partial charge in [0.25, 0.3) is 0 Å². The van der Waals surface area contributed by atoms with Crippen LogP contribution in [0.15, 0.2) is 60.3 Å². The number of carbonyl (C=O) groups excluding carboxylic acids is 2. The quantitative estimate of drug-likeness (QED) is 0.708. The molecule has 1 amide bonds. The molecule has 0 fully saturated rings. The van der Waals surface area contributed by atoms with Crippen LogP contribution in [0.5, 0.6) is 0 Å². The van der Waals surface area contributed by atoms with E-state index in [4.69, 9.17) is 11.6 Å². The average molecular weight is 395 g/mol. The summed E-state index contributed by atoms with van der Waals surface area (Å²) in [7, 11) is 0. The van der Waals surface area contributed by atoms with Crippen LogP contribution in [0, 0.1) is 11.3 Å². The van der Waals surface area contributed by atoms with Gasteiger partial charge in [0.05, 0.1) is 23.3 Å². The van der Waals surface area contributed by atoms with Crippen molar-refractivity contribution in [1.82, 2.24) is 0 Å². The van der Waals surface area contributed by atoms with Gasteiger partial charge in [0.1, 0.15) is 5.78 Å². The van der Waals surface area contributed by atoms with Crippen molar-refractivity contribution >= 4 is 34.7 Å². The molecule has 2 aromatic rings. The average Bonchev–Trinajstić information content (AvgIpc) is 2.75. The third-order valence-corrected chi connectivity index (χ3v) is 5.70. The van der Waals surface area contributed by atoms with E-state index in [9.17, 15) is 9.59 Å². The molecule has 2 aromatic carbocycles. The fraction of sp³-hybridized carbons (Fsp3) is 0.304. The van der Waals surface area contributed by atoms with Crippen molar-refractivity contribution in [3.05, 3.63) is 70.9 Å². The number of amides is 1. The molecule has 0 aromatic heterocycles. The molecular weight excluding hydrogens is 372 g/mol. The Labute approximate surface area is 170 Å². The highest BCUT2D eigenvalue weighted by Gasteiger charge is 2.45. The molecule has 4 nitrogen and oxygen atoms in total. The number of Topliss-reactive ketones (excluding diaryl/α,β-unsaturated/α-hetero) is 1. The second kappa shape index (κ2) is 6.78. The van der Waals surface area contributed by atoms with E-state index in [1.54, 1.807) is 24.0 Å². The second-order valence-corrected chi connectivity index (χ2v) is 8.67. The van der Waals surface area contributed by atoms with E-state index in [2.05, 4.69) is 25.2 Å². The lowest BCUT2D eigenvalue weighted by Crippen LogP contribution is -2.42. The third kappa shape index (κ3) is 3.22. The van der Waals surface area contributed by atoms with Crippen molar-refractivity contribution in [3.63, 3.8) is 0 Å². The number of allylic oxidation sites excluding steroid dienone is 1. The Hall–Kier alpha value is -2.59. The molecule has 0 saturated heterocycles. The number of nitrogens with one attached hydrogen (secondary N) is 1. The summed E-state index contributed by atoms with van der Waals surface area (Å²) in [5.74, 6) is -0.424. The zero-order valence-electron chi connectivity index (χ0n) is 16.2. The molecule has 1 aliphatic carbocycles. The summed E-state index contributed by atoms with van der Waals surface area (Å²) in [5.41, 5.74) is 3.12. The first-order valence-electron chi connectivity index (χ1n) is 9.44. The van der Waals surface area contributed by atoms with Gasteiger partial charge in [0, 0.05) is 24.1 Å². The molecule has 2 aliphatic rings. The number of carbonyl (C=O) groups is 2. The molecule has 1 N–H and O–H groups in total. The fourth-order valence-corrected chi connectivity index (χ4v) is 4.49. The smallest absolute Gasteiger partial charge is 0.224 e. The number of ketones is 1. The van der Waals surface area contributed by atoms with Crippen molar-refractivity contribution in [3.8, 4) is 0 Å². The molecule has 2 unspecified atom stereocenters. The highest BCUT2D eigenvalue weighted by Crippen LogP contribution is 2.48. The zero-order chi connectivity index (χ0) is 20.1. The topological polar surface area (TPSA) is 49.4 Å². The van der Waals surface area contributed by atoms with Gasteiger partial charge < -0.3 is 10.2 Å². The molecular formula is C23H23ClN2O2. The molecule has 0 bridgehead atoms. The van der Waals surface area contributed by atoms with E-state index in [0.717, 1.165) is 22.6 Å². The van der Waals surface area contributed by atoms with Gasteiger partial charge in [-0.15, -0.1) is 0 Å². The number of anilines is 2. The van der Waals surface area contributed by atoms with Crippen LogP contribution >= 0.6 is 11.6 Å². The number of benzene rings is 2. The maximum absolute atomic E-state index is 13.3. The predicted octanol–water partition coefficient (Wildman–Crippen LogP) is 5.36. The van der Waals surface area contributed by atoms with Gasteiger partial charge in [-0.2, -0.15) is 0 Å². The first kappa shape index (κ1) is 18.8. The minimum atomic E-state index is -0.453. The van der Waals surface area contributed by atoms with E-state index in [1.165, 1.54) is 0 Å². The maximum atomic E-state index is 13.3. The lowest BCUT2D eigenvalue weighted by atomic mass is 9.72. The van der Waals surface area contributed by atoms with Crippen LogP contribution < -0.4 is 10.2 Å².